The molecule has 1 amide bonds. The van der Waals surface area contributed by atoms with Gasteiger partial charge in [-0.3, -0.25) is 9.59 Å². The molecule has 0 radical (unpaired) electrons. The van der Waals surface area contributed by atoms with Crippen LogP contribution in [0.5, 0.6) is 0 Å². The maximum absolute atomic E-state index is 12.5. The Labute approximate surface area is 457 Å². The SMILES string of the molecule is CCCCCCCCCCCCCCCCCCC(=O)OCCCCCCCCCCCCCC/C=C\CCCCCCCCCCC(=O)NC(CO)C(O)CCCCCCCCCCCCCCCCCC. The summed E-state index contributed by atoms with van der Waals surface area (Å²) < 4.78 is 5.50. The highest BCUT2D eigenvalue weighted by Gasteiger charge is 2.20. The first-order valence-corrected chi connectivity index (χ1v) is 33.4. The number of nitrogens with one attached hydrogen (secondary N) is 1. The molecule has 3 N–H and O–H groups in total. The van der Waals surface area contributed by atoms with Gasteiger partial charge >= 0.3 is 5.97 Å². The molecule has 0 aromatic rings. The molecule has 0 aliphatic rings. The molecule has 2 atom stereocenters. The molecule has 0 rings (SSSR count). The predicted molar refractivity (Wildman–Crippen MR) is 320 cm³/mol. The van der Waals surface area contributed by atoms with E-state index < -0.39 is 12.1 Å². The lowest BCUT2D eigenvalue weighted by atomic mass is 10.0. The van der Waals surface area contributed by atoms with E-state index in [1.807, 2.05) is 0 Å². The zero-order valence-corrected chi connectivity index (χ0v) is 49.6. The predicted octanol–water partition coefficient (Wildman–Crippen LogP) is 21.2. The van der Waals surface area contributed by atoms with Crippen molar-refractivity contribution in [3.63, 3.8) is 0 Å². The van der Waals surface area contributed by atoms with Crippen LogP contribution in [0.25, 0.3) is 0 Å². The van der Waals surface area contributed by atoms with Gasteiger partial charge < -0.3 is 20.3 Å². The summed E-state index contributed by atoms with van der Waals surface area (Å²) in [6.07, 6.45) is 76.7. The van der Waals surface area contributed by atoms with Crippen molar-refractivity contribution in [2.24, 2.45) is 0 Å². The number of aliphatic hydroxyl groups excluding tert-OH is 2. The summed E-state index contributed by atoms with van der Waals surface area (Å²) in [5.41, 5.74) is 0. The summed E-state index contributed by atoms with van der Waals surface area (Å²) in [6, 6.07) is -0.544. The molecule has 73 heavy (non-hydrogen) atoms. The molecule has 0 heterocycles. The number of carbonyl (C=O) groups excluding carboxylic acids is 2. The molecular formula is C67H131NO5. The van der Waals surface area contributed by atoms with E-state index in [-0.39, 0.29) is 18.5 Å². The maximum Gasteiger partial charge on any atom is 0.305 e. The lowest BCUT2D eigenvalue weighted by Gasteiger charge is -2.22. The molecule has 0 spiro atoms. The third kappa shape index (κ3) is 59.7. The summed E-state index contributed by atoms with van der Waals surface area (Å²) >= 11 is 0. The smallest absolute Gasteiger partial charge is 0.305 e. The van der Waals surface area contributed by atoms with E-state index in [1.54, 1.807) is 0 Å². The molecule has 434 valence electrons. The number of ether oxygens (including phenoxy) is 1. The minimum absolute atomic E-state index is 0.0169. The molecule has 0 saturated heterocycles. The van der Waals surface area contributed by atoms with Gasteiger partial charge in [-0.1, -0.05) is 328 Å². The summed E-state index contributed by atoms with van der Waals surface area (Å²) in [7, 11) is 0. The van der Waals surface area contributed by atoms with Crippen molar-refractivity contribution in [1.29, 1.82) is 0 Å². The van der Waals surface area contributed by atoms with Gasteiger partial charge in [-0.05, 0) is 51.4 Å². The lowest BCUT2D eigenvalue weighted by Crippen LogP contribution is -2.45. The third-order valence-electron chi connectivity index (χ3n) is 15.8. The van der Waals surface area contributed by atoms with Crippen molar-refractivity contribution in [2.75, 3.05) is 13.2 Å². The van der Waals surface area contributed by atoms with Gasteiger partial charge in [0, 0.05) is 12.8 Å². The Bertz CT molecular complexity index is 1100. The second kappa shape index (κ2) is 63.1. The third-order valence-corrected chi connectivity index (χ3v) is 15.8. The summed E-state index contributed by atoms with van der Waals surface area (Å²) in [5.74, 6) is -0.0194. The summed E-state index contributed by atoms with van der Waals surface area (Å²) in [6.45, 7) is 4.99. The van der Waals surface area contributed by atoms with Crippen LogP contribution in [-0.2, 0) is 14.3 Å². The number of aliphatic hydroxyl groups is 2. The van der Waals surface area contributed by atoms with Gasteiger partial charge in [-0.2, -0.15) is 0 Å². The first-order valence-electron chi connectivity index (χ1n) is 33.4. The van der Waals surface area contributed by atoms with Crippen molar-refractivity contribution in [2.45, 2.75) is 392 Å². The normalized spacial score (nSPS) is 12.5. The Morgan fingerprint density at radius 2 is 0.644 bits per heavy atom. The Hall–Kier alpha value is -1.40. The molecule has 0 aromatic carbocycles. The Morgan fingerprint density at radius 3 is 0.973 bits per heavy atom. The number of esters is 1. The van der Waals surface area contributed by atoms with E-state index in [0.717, 1.165) is 38.5 Å². The highest BCUT2D eigenvalue weighted by molar-refractivity contribution is 5.76. The number of unbranched alkanes of at least 4 members (excludes halogenated alkanes) is 50. The van der Waals surface area contributed by atoms with Crippen molar-refractivity contribution in [1.82, 2.24) is 5.32 Å². The number of hydrogen-bond donors (Lipinski definition) is 3. The van der Waals surface area contributed by atoms with Crippen LogP contribution in [0.2, 0.25) is 0 Å². The molecule has 6 heteroatoms. The van der Waals surface area contributed by atoms with E-state index >= 15 is 0 Å². The van der Waals surface area contributed by atoms with Crippen molar-refractivity contribution >= 4 is 11.9 Å². The van der Waals surface area contributed by atoms with Crippen LogP contribution in [0.1, 0.15) is 380 Å². The van der Waals surface area contributed by atoms with E-state index in [1.165, 1.54) is 308 Å². The number of rotatable bonds is 63. The fourth-order valence-electron chi connectivity index (χ4n) is 10.7. The maximum atomic E-state index is 12.5. The van der Waals surface area contributed by atoms with Crippen LogP contribution in [0.15, 0.2) is 12.2 Å². The van der Waals surface area contributed by atoms with Gasteiger partial charge in [-0.25, -0.2) is 0 Å². The molecule has 0 fully saturated rings. The molecule has 0 bridgehead atoms. The zero-order chi connectivity index (χ0) is 52.9. The fraction of sp³-hybridized carbons (Fsp3) is 0.940. The van der Waals surface area contributed by atoms with Gasteiger partial charge in [0.2, 0.25) is 5.91 Å². The van der Waals surface area contributed by atoms with Crippen molar-refractivity contribution in [3.05, 3.63) is 12.2 Å². The first kappa shape index (κ1) is 71.6. The fourth-order valence-corrected chi connectivity index (χ4v) is 10.7. The Balaban J connectivity index is 3.38. The average Bonchev–Trinajstić information content (AvgIpc) is 3.39. The second-order valence-electron chi connectivity index (χ2n) is 23.2. The van der Waals surface area contributed by atoms with Crippen molar-refractivity contribution in [3.8, 4) is 0 Å². The Kier molecular flexibility index (Phi) is 61.9. The quantitative estimate of drug-likeness (QED) is 0.0320. The van der Waals surface area contributed by atoms with Crippen molar-refractivity contribution < 1.29 is 24.5 Å². The van der Waals surface area contributed by atoms with Crippen LogP contribution in [-0.4, -0.2) is 47.4 Å². The van der Waals surface area contributed by atoms with Crippen LogP contribution >= 0.6 is 0 Å². The Morgan fingerprint density at radius 1 is 0.370 bits per heavy atom. The van der Waals surface area contributed by atoms with Gasteiger partial charge in [0.15, 0.2) is 0 Å². The molecular weight excluding hydrogens is 899 g/mol. The minimum Gasteiger partial charge on any atom is -0.466 e. The van der Waals surface area contributed by atoms with E-state index in [2.05, 4.69) is 31.3 Å². The van der Waals surface area contributed by atoms with E-state index in [9.17, 15) is 19.8 Å². The molecule has 0 aromatic heterocycles. The zero-order valence-electron chi connectivity index (χ0n) is 49.6. The van der Waals surface area contributed by atoms with Gasteiger partial charge in [0.25, 0.3) is 0 Å². The van der Waals surface area contributed by atoms with Gasteiger partial charge in [0.05, 0.1) is 25.4 Å². The number of carbonyl (C=O) groups is 2. The topological polar surface area (TPSA) is 95.9 Å². The number of amides is 1. The molecule has 2 unspecified atom stereocenters. The largest absolute Gasteiger partial charge is 0.466 e. The lowest BCUT2D eigenvalue weighted by molar-refractivity contribution is -0.143. The van der Waals surface area contributed by atoms with E-state index in [4.69, 9.17) is 4.74 Å². The second-order valence-corrected chi connectivity index (χ2v) is 23.2. The summed E-state index contributed by atoms with van der Waals surface area (Å²) in [4.78, 5) is 24.6. The van der Waals surface area contributed by atoms with Gasteiger partial charge in [-0.15, -0.1) is 0 Å². The van der Waals surface area contributed by atoms with Crippen LogP contribution < -0.4 is 5.32 Å². The van der Waals surface area contributed by atoms with E-state index in [0.29, 0.717) is 25.9 Å². The van der Waals surface area contributed by atoms with Crippen LogP contribution in [0, 0.1) is 0 Å². The minimum atomic E-state index is -0.666. The molecule has 0 saturated carbocycles. The van der Waals surface area contributed by atoms with Gasteiger partial charge in [0.1, 0.15) is 0 Å². The molecule has 0 aliphatic carbocycles. The monoisotopic (exact) mass is 1030 g/mol. The average molecular weight is 1030 g/mol. The summed E-state index contributed by atoms with van der Waals surface area (Å²) in [5, 5.41) is 23.3. The number of allylic oxidation sites excluding steroid dienone is 2. The number of hydrogen-bond acceptors (Lipinski definition) is 5. The highest BCUT2D eigenvalue weighted by atomic mass is 16.5. The first-order chi connectivity index (χ1) is 36.0. The molecule has 6 nitrogen and oxygen atoms in total. The molecule has 0 aliphatic heterocycles. The standard InChI is InChI=1S/C67H131NO5/c1-3-5-7-9-11-13-15-17-19-31-35-39-43-47-51-55-59-65(70)64(63-69)68-66(71)60-56-52-48-44-40-36-32-29-27-25-23-21-22-24-26-28-30-34-38-42-46-50-54-58-62-73-67(72)61-57-53-49-45-41-37-33-20-18-16-14-12-10-8-6-4-2/h23,25,64-65,69-70H,3-22,24,26-63H2,1-2H3,(H,68,71)/b25-23-. The highest BCUT2D eigenvalue weighted by Crippen LogP contribution is 2.19. The van der Waals surface area contributed by atoms with Crippen LogP contribution in [0.4, 0.5) is 0 Å². The van der Waals surface area contributed by atoms with Crippen LogP contribution in [0.3, 0.4) is 0 Å².